The first-order valence-electron chi connectivity index (χ1n) is 12.3. The van der Waals surface area contributed by atoms with Crippen molar-refractivity contribution in [3.8, 4) is 0 Å². The highest BCUT2D eigenvalue weighted by molar-refractivity contribution is 5.83. The van der Waals surface area contributed by atoms with Crippen LogP contribution in [0.2, 0.25) is 0 Å². The maximum atomic E-state index is 13.2. The topological polar surface area (TPSA) is 182 Å². The van der Waals surface area contributed by atoms with Crippen molar-refractivity contribution in [3.63, 3.8) is 0 Å². The normalized spacial score (nSPS) is 19.6. The fourth-order valence-corrected chi connectivity index (χ4v) is 4.57. The minimum absolute atomic E-state index is 0.0829. The van der Waals surface area contributed by atoms with Crippen LogP contribution in [0.3, 0.4) is 0 Å². The van der Waals surface area contributed by atoms with Crippen molar-refractivity contribution in [2.45, 2.75) is 31.7 Å². The van der Waals surface area contributed by atoms with Crippen LogP contribution in [-0.2, 0) is 24.0 Å². The van der Waals surface area contributed by atoms with Crippen LogP contribution in [-0.4, -0.2) is 153 Å². The van der Waals surface area contributed by atoms with E-state index in [9.17, 15) is 44.4 Å². The molecule has 0 atom stereocenters. The Kier molecular flexibility index (Phi) is 12.1. The van der Waals surface area contributed by atoms with Crippen LogP contribution in [0.5, 0.6) is 0 Å². The molecule has 0 aromatic carbocycles. The SMILES string of the molecule is O=C(O)CN1/C=C\N(CC(=O)O)CCN(CC(=O)N(CC(=O)O)C2CCCC2)CCN(CC(=O)O)CC1. The fourth-order valence-electron chi connectivity index (χ4n) is 4.57. The van der Waals surface area contributed by atoms with Gasteiger partial charge >= 0.3 is 23.9 Å². The Labute approximate surface area is 215 Å². The Bertz CT molecular complexity index is 846. The number of carbonyl (C=O) groups excluding carboxylic acids is 1. The van der Waals surface area contributed by atoms with Gasteiger partial charge in [-0.15, -0.1) is 0 Å². The number of hydrogen-bond acceptors (Lipinski definition) is 9. The summed E-state index contributed by atoms with van der Waals surface area (Å²) in [5, 5.41) is 37.2. The second kappa shape index (κ2) is 15.0. The minimum atomic E-state index is -1.09. The predicted octanol–water partition coefficient (Wildman–Crippen LogP) is -1.21. The second-order valence-corrected chi connectivity index (χ2v) is 9.33. The van der Waals surface area contributed by atoms with Gasteiger partial charge in [-0.05, 0) is 12.8 Å². The highest BCUT2D eigenvalue weighted by atomic mass is 16.4. The predicted molar refractivity (Wildman–Crippen MR) is 130 cm³/mol. The number of hydrogen-bond donors (Lipinski definition) is 4. The largest absolute Gasteiger partial charge is 0.480 e. The number of carbonyl (C=O) groups is 5. The monoisotopic (exact) mass is 527 g/mol. The third-order valence-electron chi connectivity index (χ3n) is 6.41. The zero-order valence-corrected chi connectivity index (χ0v) is 20.9. The van der Waals surface area contributed by atoms with Gasteiger partial charge in [0, 0.05) is 57.7 Å². The quantitative estimate of drug-likeness (QED) is 0.251. The molecule has 208 valence electrons. The zero-order valence-electron chi connectivity index (χ0n) is 20.9. The van der Waals surface area contributed by atoms with Crippen molar-refractivity contribution in [2.24, 2.45) is 0 Å². The molecule has 14 nitrogen and oxygen atoms in total. The molecule has 0 unspecified atom stereocenters. The molecule has 0 aromatic heterocycles. The van der Waals surface area contributed by atoms with E-state index in [1.807, 2.05) is 0 Å². The molecule has 1 aliphatic heterocycles. The Balaban J connectivity index is 2.22. The maximum Gasteiger partial charge on any atom is 0.323 e. The van der Waals surface area contributed by atoms with Crippen LogP contribution < -0.4 is 0 Å². The minimum Gasteiger partial charge on any atom is -0.480 e. The third-order valence-corrected chi connectivity index (χ3v) is 6.41. The number of aliphatic carboxylic acids is 4. The summed E-state index contributed by atoms with van der Waals surface area (Å²) in [5.74, 6) is -4.63. The van der Waals surface area contributed by atoms with Crippen LogP contribution in [0.15, 0.2) is 12.4 Å². The first-order valence-corrected chi connectivity index (χ1v) is 12.3. The number of carboxylic acids is 4. The molecule has 0 bridgehead atoms. The molecule has 1 fully saturated rings. The molecule has 0 spiro atoms. The molecule has 0 radical (unpaired) electrons. The van der Waals surface area contributed by atoms with Gasteiger partial charge in [0.2, 0.25) is 5.91 Å². The summed E-state index contributed by atoms with van der Waals surface area (Å²) in [5.41, 5.74) is 0. The smallest absolute Gasteiger partial charge is 0.323 e. The summed E-state index contributed by atoms with van der Waals surface area (Å²) in [6.07, 6.45) is 6.30. The van der Waals surface area contributed by atoms with E-state index in [1.165, 1.54) is 27.1 Å². The van der Waals surface area contributed by atoms with Gasteiger partial charge in [0.05, 0.1) is 13.1 Å². The van der Waals surface area contributed by atoms with E-state index >= 15 is 0 Å². The van der Waals surface area contributed by atoms with Crippen LogP contribution in [0.25, 0.3) is 0 Å². The maximum absolute atomic E-state index is 13.2. The molecule has 14 heteroatoms. The molecule has 4 N–H and O–H groups in total. The average molecular weight is 528 g/mol. The molecule has 1 saturated carbocycles. The lowest BCUT2D eigenvalue weighted by Gasteiger charge is -2.33. The van der Waals surface area contributed by atoms with E-state index in [0.717, 1.165) is 25.7 Å². The van der Waals surface area contributed by atoms with Gasteiger partial charge in [-0.1, -0.05) is 12.8 Å². The molecule has 1 aliphatic carbocycles. The van der Waals surface area contributed by atoms with E-state index in [1.54, 1.807) is 9.80 Å². The first kappa shape index (κ1) is 29.8. The Morgan fingerprint density at radius 2 is 1.05 bits per heavy atom. The van der Waals surface area contributed by atoms with Gasteiger partial charge in [0.1, 0.15) is 19.6 Å². The van der Waals surface area contributed by atoms with Crippen molar-refractivity contribution in [1.82, 2.24) is 24.5 Å². The number of carboxylic acid groups (broad SMARTS) is 4. The summed E-state index contributed by atoms with van der Waals surface area (Å²) >= 11 is 0. The molecular weight excluding hydrogens is 490 g/mol. The Morgan fingerprint density at radius 1 is 0.622 bits per heavy atom. The molecule has 1 heterocycles. The highest BCUT2D eigenvalue weighted by Crippen LogP contribution is 2.23. The van der Waals surface area contributed by atoms with Gasteiger partial charge in [-0.25, -0.2) is 0 Å². The number of nitrogens with zero attached hydrogens (tertiary/aromatic N) is 5. The average Bonchev–Trinajstić information content (AvgIpc) is 3.32. The lowest BCUT2D eigenvalue weighted by molar-refractivity contribution is -0.146. The van der Waals surface area contributed by atoms with Crippen molar-refractivity contribution < 1.29 is 44.4 Å². The van der Waals surface area contributed by atoms with Crippen molar-refractivity contribution in [1.29, 1.82) is 0 Å². The van der Waals surface area contributed by atoms with E-state index in [-0.39, 0.29) is 77.4 Å². The molecule has 2 aliphatic rings. The second-order valence-electron chi connectivity index (χ2n) is 9.33. The van der Waals surface area contributed by atoms with Gasteiger partial charge < -0.3 is 35.1 Å². The molecule has 1 amide bonds. The van der Waals surface area contributed by atoms with E-state index < -0.39 is 30.4 Å². The lowest BCUT2D eigenvalue weighted by atomic mass is 10.2. The van der Waals surface area contributed by atoms with Crippen molar-refractivity contribution >= 4 is 29.8 Å². The highest BCUT2D eigenvalue weighted by Gasteiger charge is 2.29. The van der Waals surface area contributed by atoms with E-state index in [0.29, 0.717) is 0 Å². The van der Waals surface area contributed by atoms with E-state index in [4.69, 9.17) is 0 Å². The van der Waals surface area contributed by atoms with Gasteiger partial charge in [0.15, 0.2) is 0 Å². The Morgan fingerprint density at radius 3 is 1.49 bits per heavy atom. The molecule has 0 saturated heterocycles. The van der Waals surface area contributed by atoms with Crippen LogP contribution in [0.4, 0.5) is 0 Å². The summed E-state index contributed by atoms with van der Waals surface area (Å²) in [6.45, 7) is 0.0343. The van der Waals surface area contributed by atoms with Gasteiger partial charge in [-0.3, -0.25) is 33.8 Å². The van der Waals surface area contributed by atoms with Crippen LogP contribution >= 0.6 is 0 Å². The number of amides is 1. The standard InChI is InChI=1S/C23H37N5O9/c29-19(28(17-23(36)37)18-3-1-2-4-18)13-24-5-7-25(14-20(30)31)9-11-27(16-22(34)35)12-10-26(8-6-24)15-21(32)33/h9,11,18H,1-8,10,12-17H2,(H,30,31)(H,32,33)(H,34,35)(H,36,37)/b11-9-. The van der Waals surface area contributed by atoms with Gasteiger partial charge in [0.25, 0.3) is 0 Å². The summed E-state index contributed by atoms with van der Waals surface area (Å²) in [4.78, 5) is 66.4. The summed E-state index contributed by atoms with van der Waals surface area (Å²) in [7, 11) is 0. The fraction of sp³-hybridized carbons (Fsp3) is 0.696. The van der Waals surface area contributed by atoms with E-state index in [2.05, 4.69) is 0 Å². The third kappa shape index (κ3) is 11.5. The van der Waals surface area contributed by atoms with Crippen LogP contribution in [0.1, 0.15) is 25.7 Å². The molecule has 37 heavy (non-hydrogen) atoms. The van der Waals surface area contributed by atoms with Crippen molar-refractivity contribution in [3.05, 3.63) is 12.4 Å². The zero-order chi connectivity index (χ0) is 27.4. The van der Waals surface area contributed by atoms with Gasteiger partial charge in [-0.2, -0.15) is 0 Å². The summed E-state index contributed by atoms with van der Waals surface area (Å²) < 4.78 is 0. The Hall–Kier alpha value is -3.39. The lowest BCUT2D eigenvalue weighted by Crippen LogP contribution is -2.50. The molecular formula is C23H37N5O9. The molecule has 2 rings (SSSR count). The van der Waals surface area contributed by atoms with Crippen LogP contribution in [0, 0.1) is 0 Å². The molecule has 0 aromatic rings. The summed E-state index contributed by atoms with van der Waals surface area (Å²) in [6, 6.07) is -0.133. The first-order chi connectivity index (χ1) is 17.5. The van der Waals surface area contributed by atoms with Crippen molar-refractivity contribution in [2.75, 3.05) is 72.0 Å². The number of rotatable bonds is 11.